The molecule has 2 heterocycles. The zero-order valence-electron chi connectivity index (χ0n) is 14.2. The van der Waals surface area contributed by atoms with Crippen LogP contribution in [0, 0.1) is 17.2 Å². The summed E-state index contributed by atoms with van der Waals surface area (Å²) in [7, 11) is 0. The zero-order chi connectivity index (χ0) is 16.6. The number of halogens is 1. The molecule has 1 amide bonds. The van der Waals surface area contributed by atoms with Crippen LogP contribution in [0.3, 0.4) is 0 Å². The van der Waals surface area contributed by atoms with Gasteiger partial charge in [-0.3, -0.25) is 4.79 Å². The third-order valence-corrected chi connectivity index (χ3v) is 5.98. The predicted molar refractivity (Wildman–Crippen MR) is 90.0 cm³/mol. The number of carbonyl (C=O) groups excluding carboxylic acids is 1. The summed E-state index contributed by atoms with van der Waals surface area (Å²) >= 11 is 0. The summed E-state index contributed by atoms with van der Waals surface area (Å²) in [6, 6.07) is 6.69. The van der Waals surface area contributed by atoms with E-state index in [9.17, 15) is 9.18 Å². The number of hydrogen-bond acceptors (Lipinski definition) is 2. The highest BCUT2D eigenvalue weighted by atomic mass is 19.1. The van der Waals surface area contributed by atoms with Gasteiger partial charge < -0.3 is 9.64 Å². The lowest BCUT2D eigenvalue weighted by molar-refractivity contribution is -0.149. The molecule has 4 rings (SSSR count). The van der Waals surface area contributed by atoms with Crippen LogP contribution < -0.4 is 0 Å². The van der Waals surface area contributed by atoms with Crippen molar-refractivity contribution in [3.63, 3.8) is 0 Å². The smallest absolute Gasteiger partial charge is 0.225 e. The van der Waals surface area contributed by atoms with Crippen molar-refractivity contribution < 1.29 is 13.9 Å². The molecule has 0 bridgehead atoms. The second-order valence-electron chi connectivity index (χ2n) is 8.00. The number of amides is 1. The number of hydrogen-bond donors (Lipinski definition) is 0. The first-order valence-electron chi connectivity index (χ1n) is 9.28. The van der Waals surface area contributed by atoms with E-state index in [4.69, 9.17) is 4.74 Å². The largest absolute Gasteiger partial charge is 0.377 e. The van der Waals surface area contributed by atoms with Crippen molar-refractivity contribution >= 4 is 5.91 Å². The zero-order valence-corrected chi connectivity index (χ0v) is 14.2. The quantitative estimate of drug-likeness (QED) is 0.847. The van der Waals surface area contributed by atoms with Crippen molar-refractivity contribution in [3.05, 3.63) is 35.6 Å². The third-order valence-electron chi connectivity index (χ3n) is 5.98. The molecule has 3 fully saturated rings. The molecule has 1 aliphatic carbocycles. The van der Waals surface area contributed by atoms with Gasteiger partial charge in [-0.2, -0.15) is 0 Å². The number of likely N-dealkylation sites (tertiary alicyclic amines) is 1. The minimum absolute atomic E-state index is 0.176. The Kier molecular flexibility index (Phi) is 4.33. The Morgan fingerprint density at radius 1 is 1.17 bits per heavy atom. The Morgan fingerprint density at radius 3 is 2.58 bits per heavy atom. The lowest BCUT2D eigenvalue weighted by Gasteiger charge is -2.48. The first-order valence-corrected chi connectivity index (χ1v) is 9.28. The van der Waals surface area contributed by atoms with Gasteiger partial charge in [0.25, 0.3) is 0 Å². The first-order chi connectivity index (χ1) is 11.6. The van der Waals surface area contributed by atoms with Crippen LogP contribution >= 0.6 is 0 Å². The van der Waals surface area contributed by atoms with Crippen molar-refractivity contribution in [2.24, 2.45) is 11.3 Å². The van der Waals surface area contributed by atoms with E-state index in [2.05, 4.69) is 4.90 Å². The van der Waals surface area contributed by atoms with E-state index < -0.39 is 0 Å². The fourth-order valence-electron chi connectivity index (χ4n) is 4.66. The first kappa shape index (κ1) is 16.1. The van der Waals surface area contributed by atoms with E-state index in [-0.39, 0.29) is 23.3 Å². The van der Waals surface area contributed by atoms with Crippen molar-refractivity contribution in [1.82, 2.24) is 4.90 Å². The van der Waals surface area contributed by atoms with Crippen molar-refractivity contribution in [2.45, 2.75) is 51.0 Å². The minimum Gasteiger partial charge on any atom is -0.377 e. The number of carbonyl (C=O) groups is 1. The van der Waals surface area contributed by atoms with Gasteiger partial charge in [0.2, 0.25) is 5.91 Å². The fourth-order valence-corrected chi connectivity index (χ4v) is 4.66. The lowest BCUT2D eigenvalue weighted by Crippen LogP contribution is -2.60. The molecule has 1 atom stereocenters. The van der Waals surface area contributed by atoms with Gasteiger partial charge in [0, 0.05) is 24.4 Å². The maximum atomic E-state index is 13.0. The summed E-state index contributed by atoms with van der Waals surface area (Å²) in [6.45, 7) is 2.48. The van der Waals surface area contributed by atoms with Crippen LogP contribution in [0.4, 0.5) is 4.39 Å². The number of nitrogens with zero attached hydrogens (tertiary/aromatic N) is 1. The van der Waals surface area contributed by atoms with Crippen LogP contribution in [0.25, 0.3) is 0 Å². The molecule has 1 aromatic carbocycles. The highest BCUT2D eigenvalue weighted by molar-refractivity contribution is 5.80. The molecule has 3 aliphatic rings. The summed E-state index contributed by atoms with van der Waals surface area (Å²) in [5.74, 6) is 0.453. The van der Waals surface area contributed by atoms with Gasteiger partial charge >= 0.3 is 0 Å². The molecule has 0 aromatic heterocycles. The highest BCUT2D eigenvalue weighted by Crippen LogP contribution is 2.43. The molecule has 1 spiro atoms. The Labute approximate surface area is 143 Å². The van der Waals surface area contributed by atoms with Crippen molar-refractivity contribution in [2.75, 3.05) is 19.7 Å². The standard InChI is InChI=1S/C20H26FNO2/c21-17-8-6-15(7-9-17)10-18-11-20(14-24-18)12-22(13-20)19(23)16-4-2-1-3-5-16/h6-9,16,18H,1-5,10-14H2/t18-/m1/s1. The van der Waals surface area contributed by atoms with Gasteiger partial charge in [-0.1, -0.05) is 31.4 Å². The number of benzene rings is 1. The van der Waals surface area contributed by atoms with Gasteiger partial charge in [-0.25, -0.2) is 4.39 Å². The Balaban J connectivity index is 1.28. The lowest BCUT2D eigenvalue weighted by atomic mass is 9.76. The normalized spacial score (nSPS) is 26.5. The molecular weight excluding hydrogens is 305 g/mol. The molecule has 0 unspecified atom stereocenters. The predicted octanol–water partition coefficient (Wildman–Crippen LogP) is 3.57. The summed E-state index contributed by atoms with van der Waals surface area (Å²) < 4.78 is 19.0. The van der Waals surface area contributed by atoms with E-state index in [0.717, 1.165) is 50.9 Å². The topological polar surface area (TPSA) is 29.5 Å². The van der Waals surface area contributed by atoms with Gasteiger partial charge in [-0.15, -0.1) is 0 Å². The molecule has 3 nitrogen and oxygen atoms in total. The van der Waals surface area contributed by atoms with Crippen LogP contribution in [-0.2, 0) is 16.0 Å². The molecule has 24 heavy (non-hydrogen) atoms. The van der Waals surface area contributed by atoms with Crippen LogP contribution in [0.1, 0.15) is 44.1 Å². The summed E-state index contributed by atoms with van der Waals surface area (Å²) in [6.07, 6.45) is 7.89. The fraction of sp³-hybridized carbons (Fsp3) is 0.650. The van der Waals surface area contributed by atoms with E-state index in [0.29, 0.717) is 5.91 Å². The van der Waals surface area contributed by atoms with Crippen LogP contribution in [0.15, 0.2) is 24.3 Å². The molecule has 2 saturated heterocycles. The maximum absolute atomic E-state index is 13.0. The molecule has 130 valence electrons. The molecule has 0 radical (unpaired) electrons. The molecule has 0 N–H and O–H groups in total. The number of ether oxygens (including phenoxy) is 1. The maximum Gasteiger partial charge on any atom is 0.225 e. The Hall–Kier alpha value is -1.42. The number of rotatable bonds is 3. The van der Waals surface area contributed by atoms with Gasteiger partial charge in [0.05, 0.1) is 12.7 Å². The molecule has 1 aromatic rings. The monoisotopic (exact) mass is 331 g/mol. The van der Waals surface area contributed by atoms with Gasteiger partial charge in [0.15, 0.2) is 0 Å². The van der Waals surface area contributed by atoms with Crippen molar-refractivity contribution in [3.8, 4) is 0 Å². The van der Waals surface area contributed by atoms with E-state index >= 15 is 0 Å². The van der Waals surface area contributed by atoms with E-state index in [1.54, 1.807) is 0 Å². The molecule has 4 heteroatoms. The summed E-state index contributed by atoms with van der Waals surface area (Å²) in [4.78, 5) is 14.6. The molecular formula is C20H26FNO2. The summed E-state index contributed by atoms with van der Waals surface area (Å²) in [5, 5.41) is 0. The SMILES string of the molecule is O=C(C1CCCCC1)N1CC2(CO[C@H](Cc3ccc(F)cc3)C2)C1. The molecule has 1 saturated carbocycles. The van der Waals surface area contributed by atoms with Crippen LogP contribution in [-0.4, -0.2) is 36.6 Å². The van der Waals surface area contributed by atoms with Gasteiger partial charge in [-0.05, 0) is 43.4 Å². The van der Waals surface area contributed by atoms with Crippen molar-refractivity contribution in [1.29, 1.82) is 0 Å². The van der Waals surface area contributed by atoms with Crippen LogP contribution in [0.2, 0.25) is 0 Å². The Morgan fingerprint density at radius 2 is 1.88 bits per heavy atom. The van der Waals surface area contributed by atoms with E-state index in [1.807, 2.05) is 12.1 Å². The third kappa shape index (κ3) is 3.21. The van der Waals surface area contributed by atoms with E-state index in [1.165, 1.54) is 31.4 Å². The molecule has 2 aliphatic heterocycles. The Bertz CT molecular complexity index is 588. The minimum atomic E-state index is -0.196. The highest BCUT2D eigenvalue weighted by Gasteiger charge is 2.51. The second-order valence-corrected chi connectivity index (χ2v) is 8.00. The summed E-state index contributed by atoms with van der Waals surface area (Å²) in [5.41, 5.74) is 1.29. The average Bonchev–Trinajstić information content (AvgIpc) is 3.00. The van der Waals surface area contributed by atoms with Crippen LogP contribution in [0.5, 0.6) is 0 Å². The average molecular weight is 331 g/mol. The second kappa shape index (κ2) is 6.47. The van der Waals surface area contributed by atoms with Gasteiger partial charge in [0.1, 0.15) is 5.82 Å².